The van der Waals surface area contributed by atoms with Gasteiger partial charge in [0.15, 0.2) is 34.5 Å². The maximum atomic E-state index is 12.8. The second-order valence-electron chi connectivity index (χ2n) is 16.5. The molecule has 0 radical (unpaired) electrons. The summed E-state index contributed by atoms with van der Waals surface area (Å²) in [7, 11) is 8.07. The van der Waals surface area contributed by atoms with E-state index in [2.05, 4.69) is 40.1 Å². The molecule has 7 rings (SSSR count). The van der Waals surface area contributed by atoms with E-state index >= 15 is 0 Å². The lowest BCUT2D eigenvalue weighted by Crippen LogP contribution is -2.46. The van der Waals surface area contributed by atoms with Gasteiger partial charge >= 0.3 is 0 Å². The van der Waals surface area contributed by atoms with E-state index in [1.54, 1.807) is 46.9 Å². The third-order valence-electron chi connectivity index (χ3n) is 12.2. The topological polar surface area (TPSA) is 117 Å². The summed E-state index contributed by atoms with van der Waals surface area (Å²) >= 11 is 1.70. The van der Waals surface area contributed by atoms with Crippen molar-refractivity contribution in [3.63, 3.8) is 0 Å². The highest BCUT2D eigenvalue weighted by Crippen LogP contribution is 2.42. The molecule has 3 heterocycles. The Bertz CT molecular complexity index is 2300. The number of amides is 1. The fourth-order valence-electron chi connectivity index (χ4n) is 8.60. The molecule has 0 bridgehead atoms. The molecule has 0 aliphatic carbocycles. The molecule has 1 unspecified atom stereocenters. The normalized spacial score (nSPS) is 15.5. The summed E-state index contributed by atoms with van der Waals surface area (Å²) in [5, 5.41) is 7.27. The predicted molar refractivity (Wildman–Crippen MR) is 258 cm³/mol. The molecule has 1 atom stereocenters. The van der Waals surface area contributed by atoms with Crippen molar-refractivity contribution in [3.05, 3.63) is 83.9 Å². The zero-order valence-corrected chi connectivity index (χ0v) is 39.8. The van der Waals surface area contributed by atoms with Crippen LogP contribution in [0.5, 0.6) is 40.2 Å². The number of nitrogens with zero attached hydrogens (tertiary/aromatic N) is 5. The lowest BCUT2D eigenvalue weighted by atomic mass is 9.97. The van der Waals surface area contributed by atoms with Gasteiger partial charge in [-0.2, -0.15) is 5.10 Å². The van der Waals surface area contributed by atoms with Crippen LogP contribution in [0.4, 0.5) is 0 Å². The third-order valence-corrected chi connectivity index (χ3v) is 13.3. The monoisotopic (exact) mass is 907 g/mol. The SMILES string of the molecule is COc1ccc(-c2nc3ccccc3s2)cc1OCCCCCCN1CCN(CCCCCCOc2cc(C3CC(c4cc(OC)c(OC)c(OC)c4)=NN3C(C)=O)ccc2OC)CC1. The number of unbranched alkanes of at least 4 members (excludes halogenated alkanes) is 6. The molecule has 4 aromatic carbocycles. The van der Waals surface area contributed by atoms with E-state index in [1.807, 2.05) is 42.5 Å². The standard InChI is InChI=1S/C51H65N5O8S/c1-36(57)56-42(35-41(53-56)39-33-47(60-4)50(62-6)48(34-39)61-5)37-19-21-43(58-2)45(31-37)63-29-15-9-7-13-23-54-25-27-55(28-26-54)24-14-8-10-16-30-64-46-32-38(20-22-44(46)59-3)51-52-40-17-11-12-18-49(40)65-51/h11-12,17-22,31-34,42H,7-10,13-16,23-30,35H2,1-6H3. The number of rotatable bonds is 24. The smallest absolute Gasteiger partial charge is 0.240 e. The van der Waals surface area contributed by atoms with Crippen LogP contribution in [0.1, 0.15) is 81.9 Å². The summed E-state index contributed by atoms with van der Waals surface area (Å²) in [6.07, 6.45) is 9.53. The van der Waals surface area contributed by atoms with E-state index in [-0.39, 0.29) is 11.9 Å². The van der Waals surface area contributed by atoms with E-state index in [0.717, 1.165) is 103 Å². The van der Waals surface area contributed by atoms with Gasteiger partial charge in [0.25, 0.3) is 0 Å². The summed E-state index contributed by atoms with van der Waals surface area (Å²) in [5.41, 5.74) is 4.54. The molecular weight excluding hydrogens is 843 g/mol. The van der Waals surface area contributed by atoms with Crippen LogP contribution in [-0.4, -0.2) is 119 Å². The van der Waals surface area contributed by atoms with Gasteiger partial charge in [-0.3, -0.25) is 4.79 Å². The van der Waals surface area contributed by atoms with Crippen molar-refractivity contribution in [2.45, 2.75) is 70.8 Å². The number of piperazine rings is 1. The molecule has 0 spiro atoms. The van der Waals surface area contributed by atoms with Gasteiger partial charge in [0.1, 0.15) is 5.01 Å². The summed E-state index contributed by atoms with van der Waals surface area (Å²) in [6.45, 7) is 9.68. The molecule has 14 heteroatoms. The molecule has 1 aromatic heterocycles. The molecule has 13 nitrogen and oxygen atoms in total. The van der Waals surface area contributed by atoms with Crippen LogP contribution in [0, 0.1) is 0 Å². The van der Waals surface area contributed by atoms with Crippen LogP contribution < -0.4 is 33.2 Å². The second-order valence-corrected chi connectivity index (χ2v) is 17.5. The Morgan fingerprint density at radius 2 is 1.17 bits per heavy atom. The number of ether oxygens (including phenoxy) is 7. The van der Waals surface area contributed by atoms with E-state index < -0.39 is 0 Å². The van der Waals surface area contributed by atoms with Gasteiger partial charge in [0.05, 0.1) is 70.7 Å². The number of carbonyl (C=O) groups excluding carboxylic acids is 1. The van der Waals surface area contributed by atoms with Crippen LogP contribution in [0.25, 0.3) is 20.8 Å². The predicted octanol–water partition coefficient (Wildman–Crippen LogP) is 9.90. The van der Waals surface area contributed by atoms with Gasteiger partial charge in [0, 0.05) is 50.7 Å². The molecular formula is C51H65N5O8S. The van der Waals surface area contributed by atoms with Gasteiger partial charge in [-0.15, -0.1) is 11.3 Å². The maximum Gasteiger partial charge on any atom is 0.240 e. The van der Waals surface area contributed by atoms with E-state index in [1.165, 1.54) is 48.9 Å². The first kappa shape index (κ1) is 47.4. The number of thiazole rings is 1. The molecule has 65 heavy (non-hydrogen) atoms. The Hall–Kier alpha value is -5.57. The molecule has 2 aliphatic heterocycles. The fourth-order valence-corrected chi connectivity index (χ4v) is 9.56. The Morgan fingerprint density at radius 1 is 0.615 bits per heavy atom. The Kier molecular flexibility index (Phi) is 17.2. The fraction of sp³-hybridized carbons (Fsp3) is 0.471. The number of carbonyl (C=O) groups is 1. The van der Waals surface area contributed by atoms with Gasteiger partial charge in [-0.25, -0.2) is 9.99 Å². The van der Waals surface area contributed by atoms with Crippen molar-refractivity contribution in [2.75, 3.05) is 88.0 Å². The number of methoxy groups -OCH3 is 5. The van der Waals surface area contributed by atoms with E-state index in [0.29, 0.717) is 48.4 Å². The molecule has 5 aromatic rings. The number of para-hydroxylation sites is 1. The number of hydrogen-bond donors (Lipinski definition) is 0. The number of fused-ring (bicyclic) bond motifs is 1. The summed E-state index contributed by atoms with van der Waals surface area (Å²) in [4.78, 5) is 22.9. The first-order valence-corrected chi connectivity index (χ1v) is 23.7. The molecule has 0 N–H and O–H groups in total. The van der Waals surface area contributed by atoms with Crippen molar-refractivity contribution in [1.82, 2.24) is 19.8 Å². The quantitative estimate of drug-likeness (QED) is 0.0551. The van der Waals surface area contributed by atoms with Crippen molar-refractivity contribution in [1.29, 1.82) is 0 Å². The Morgan fingerprint density at radius 3 is 1.74 bits per heavy atom. The molecule has 1 fully saturated rings. The average molecular weight is 908 g/mol. The number of hydrogen-bond acceptors (Lipinski definition) is 13. The van der Waals surface area contributed by atoms with Crippen molar-refractivity contribution < 1.29 is 38.0 Å². The molecule has 1 amide bonds. The number of aromatic nitrogens is 1. The van der Waals surface area contributed by atoms with E-state index in [4.69, 9.17) is 43.2 Å². The van der Waals surface area contributed by atoms with Gasteiger partial charge in [-0.05, 0) is 98.9 Å². The zero-order valence-electron chi connectivity index (χ0n) is 38.9. The van der Waals surface area contributed by atoms with Crippen molar-refractivity contribution in [3.8, 4) is 50.8 Å². The first-order valence-electron chi connectivity index (χ1n) is 22.9. The average Bonchev–Trinajstić information content (AvgIpc) is 3.99. The summed E-state index contributed by atoms with van der Waals surface area (Å²) < 4.78 is 41.6. The molecule has 0 saturated carbocycles. The molecule has 2 aliphatic rings. The lowest BCUT2D eigenvalue weighted by Gasteiger charge is -2.34. The number of hydrazone groups is 1. The van der Waals surface area contributed by atoms with Crippen molar-refractivity contribution >= 4 is 33.2 Å². The van der Waals surface area contributed by atoms with E-state index in [9.17, 15) is 4.79 Å². The second kappa shape index (κ2) is 23.6. The Labute approximate surface area is 388 Å². The van der Waals surface area contributed by atoms with Crippen molar-refractivity contribution in [2.24, 2.45) is 5.10 Å². The van der Waals surface area contributed by atoms with Crippen LogP contribution in [-0.2, 0) is 4.79 Å². The van der Waals surface area contributed by atoms with Crippen LogP contribution in [0.15, 0.2) is 77.9 Å². The van der Waals surface area contributed by atoms with Crippen LogP contribution in [0.3, 0.4) is 0 Å². The molecule has 348 valence electrons. The summed E-state index contributed by atoms with van der Waals surface area (Å²) in [5.74, 6) is 4.28. The largest absolute Gasteiger partial charge is 0.493 e. The van der Waals surface area contributed by atoms with Gasteiger partial charge in [0.2, 0.25) is 11.7 Å². The minimum absolute atomic E-state index is 0.149. The van der Waals surface area contributed by atoms with Crippen LogP contribution in [0.2, 0.25) is 0 Å². The highest BCUT2D eigenvalue weighted by Gasteiger charge is 2.33. The lowest BCUT2D eigenvalue weighted by molar-refractivity contribution is -0.130. The maximum absolute atomic E-state index is 12.8. The van der Waals surface area contributed by atoms with Crippen LogP contribution >= 0.6 is 11.3 Å². The third kappa shape index (κ3) is 12.2. The zero-order chi connectivity index (χ0) is 45.5. The minimum atomic E-state index is -0.300. The minimum Gasteiger partial charge on any atom is -0.493 e. The highest BCUT2D eigenvalue weighted by atomic mass is 32.1. The highest BCUT2D eigenvalue weighted by molar-refractivity contribution is 7.21. The number of benzene rings is 4. The van der Waals surface area contributed by atoms with Gasteiger partial charge in [-0.1, -0.05) is 43.9 Å². The van der Waals surface area contributed by atoms with Gasteiger partial charge < -0.3 is 43.0 Å². The summed E-state index contributed by atoms with van der Waals surface area (Å²) in [6, 6.07) is 23.6. The first-order chi connectivity index (χ1) is 31.8. The Balaban J connectivity index is 0.761. The molecule has 1 saturated heterocycles.